The normalized spacial score (nSPS) is 22.1. The second-order valence-corrected chi connectivity index (χ2v) is 7.61. The van der Waals surface area contributed by atoms with Gasteiger partial charge in [0.15, 0.2) is 6.10 Å². The average molecular weight is 425 g/mol. The number of rotatable bonds is 4. The van der Waals surface area contributed by atoms with Crippen molar-refractivity contribution in [2.75, 3.05) is 17.1 Å². The fraction of sp³-hybridized carbons (Fsp3) is 0.160. The second-order valence-electron chi connectivity index (χ2n) is 7.61. The van der Waals surface area contributed by atoms with Crippen molar-refractivity contribution >= 4 is 23.2 Å². The molecule has 2 aliphatic rings. The lowest BCUT2D eigenvalue weighted by atomic mass is 9.90. The van der Waals surface area contributed by atoms with Crippen molar-refractivity contribution in [2.45, 2.75) is 12.1 Å². The van der Waals surface area contributed by atoms with E-state index in [9.17, 15) is 9.59 Å². The molecule has 0 radical (unpaired) electrons. The van der Waals surface area contributed by atoms with E-state index in [-0.39, 0.29) is 5.91 Å². The Morgan fingerprint density at radius 3 is 2.31 bits per heavy atom. The Labute approximate surface area is 185 Å². The standard InChI is InChI=1S/C25H19N3O4/c1-31-20-9-5-8-19(14-20)27-24(29)21-22(17-12-10-16(15-26)11-13-17)28(32-23(21)25(27)30)18-6-3-2-4-7-18/h2-14,21-23H,1H3/t21-,22+,23-/m0/s1. The maximum atomic E-state index is 13.6. The van der Waals surface area contributed by atoms with E-state index in [1.165, 1.54) is 12.0 Å². The molecule has 2 saturated heterocycles. The molecule has 3 aromatic carbocycles. The van der Waals surface area contributed by atoms with Crippen LogP contribution >= 0.6 is 0 Å². The summed E-state index contributed by atoms with van der Waals surface area (Å²) in [6.07, 6.45) is -0.949. The molecule has 0 saturated carbocycles. The number of ether oxygens (including phenoxy) is 1. The molecule has 2 amide bonds. The number of nitriles is 1. The Bertz CT molecular complexity index is 1220. The number of para-hydroxylation sites is 1. The number of amides is 2. The van der Waals surface area contributed by atoms with Gasteiger partial charge in [-0.1, -0.05) is 36.4 Å². The predicted molar refractivity (Wildman–Crippen MR) is 117 cm³/mol. The molecule has 3 atom stereocenters. The van der Waals surface area contributed by atoms with Gasteiger partial charge in [-0.05, 0) is 42.0 Å². The van der Waals surface area contributed by atoms with Crippen molar-refractivity contribution in [3.05, 3.63) is 90.0 Å². The van der Waals surface area contributed by atoms with E-state index in [1.807, 2.05) is 30.3 Å². The maximum absolute atomic E-state index is 13.6. The first-order valence-corrected chi connectivity index (χ1v) is 10.2. The zero-order valence-electron chi connectivity index (χ0n) is 17.2. The zero-order valence-corrected chi connectivity index (χ0v) is 17.2. The minimum atomic E-state index is -0.949. The molecule has 2 heterocycles. The van der Waals surface area contributed by atoms with Crippen molar-refractivity contribution in [3.8, 4) is 11.8 Å². The third-order valence-corrected chi connectivity index (χ3v) is 5.82. The zero-order chi connectivity index (χ0) is 22.2. The Kier molecular flexibility index (Phi) is 4.85. The molecule has 0 aromatic heterocycles. The van der Waals surface area contributed by atoms with Gasteiger partial charge in [0.05, 0.1) is 36.2 Å². The molecule has 0 N–H and O–H groups in total. The number of anilines is 2. The number of fused-ring (bicyclic) bond motifs is 1. The van der Waals surface area contributed by atoms with Crippen LogP contribution in [0.2, 0.25) is 0 Å². The fourth-order valence-corrected chi connectivity index (χ4v) is 4.31. The number of nitrogens with zero attached hydrogens (tertiary/aromatic N) is 3. The number of imide groups is 1. The summed E-state index contributed by atoms with van der Waals surface area (Å²) in [5, 5.41) is 10.8. The first-order chi connectivity index (χ1) is 15.6. The summed E-state index contributed by atoms with van der Waals surface area (Å²) in [5.74, 6) is -0.927. The molecule has 3 aromatic rings. The fourth-order valence-electron chi connectivity index (χ4n) is 4.31. The number of hydrogen-bond donors (Lipinski definition) is 0. The first kappa shape index (κ1) is 19.8. The molecular weight excluding hydrogens is 406 g/mol. The second kappa shape index (κ2) is 7.84. The van der Waals surface area contributed by atoms with E-state index in [4.69, 9.17) is 14.8 Å². The van der Waals surface area contributed by atoms with Gasteiger partial charge in [0.1, 0.15) is 11.7 Å². The van der Waals surface area contributed by atoms with Crippen LogP contribution in [0.3, 0.4) is 0 Å². The summed E-state index contributed by atoms with van der Waals surface area (Å²) < 4.78 is 5.25. The number of hydroxylamine groups is 1. The summed E-state index contributed by atoms with van der Waals surface area (Å²) in [6, 6.07) is 24.8. The highest BCUT2D eigenvalue weighted by atomic mass is 16.7. The molecule has 2 aliphatic heterocycles. The van der Waals surface area contributed by atoms with Crippen LogP contribution in [0.1, 0.15) is 17.2 Å². The van der Waals surface area contributed by atoms with Gasteiger partial charge in [0.25, 0.3) is 5.91 Å². The van der Waals surface area contributed by atoms with Crippen molar-refractivity contribution in [2.24, 2.45) is 5.92 Å². The smallest absolute Gasteiger partial charge is 0.266 e. The molecular formula is C25H19N3O4. The largest absolute Gasteiger partial charge is 0.497 e. The van der Waals surface area contributed by atoms with Gasteiger partial charge in [-0.15, -0.1) is 0 Å². The summed E-state index contributed by atoms with van der Waals surface area (Å²) in [4.78, 5) is 34.2. The topological polar surface area (TPSA) is 82.9 Å². The highest BCUT2D eigenvalue weighted by Crippen LogP contribution is 2.47. The quantitative estimate of drug-likeness (QED) is 0.594. The van der Waals surface area contributed by atoms with E-state index < -0.39 is 24.0 Å². The lowest BCUT2D eigenvalue weighted by Crippen LogP contribution is -2.37. The van der Waals surface area contributed by atoms with E-state index in [1.54, 1.807) is 53.6 Å². The van der Waals surface area contributed by atoms with Crippen LogP contribution in [0.4, 0.5) is 11.4 Å². The lowest BCUT2D eigenvalue weighted by Gasteiger charge is -2.28. The molecule has 7 heteroatoms. The first-order valence-electron chi connectivity index (χ1n) is 10.2. The highest BCUT2D eigenvalue weighted by molar-refractivity contribution is 6.24. The summed E-state index contributed by atoms with van der Waals surface area (Å²) in [5.41, 5.74) is 2.49. The monoisotopic (exact) mass is 425 g/mol. The predicted octanol–water partition coefficient (Wildman–Crippen LogP) is 3.62. The third kappa shape index (κ3) is 3.09. The van der Waals surface area contributed by atoms with Crippen LogP contribution in [0.25, 0.3) is 0 Å². The van der Waals surface area contributed by atoms with Gasteiger partial charge in [-0.25, -0.2) is 9.96 Å². The van der Waals surface area contributed by atoms with Crippen molar-refractivity contribution in [1.29, 1.82) is 5.26 Å². The number of methoxy groups -OCH3 is 1. The minimum absolute atomic E-state index is 0.332. The van der Waals surface area contributed by atoms with E-state index in [2.05, 4.69) is 6.07 Å². The molecule has 0 aliphatic carbocycles. The van der Waals surface area contributed by atoms with Gasteiger partial charge in [0.2, 0.25) is 5.91 Å². The maximum Gasteiger partial charge on any atom is 0.266 e. The number of benzene rings is 3. The van der Waals surface area contributed by atoms with Crippen molar-refractivity contribution in [1.82, 2.24) is 0 Å². The molecule has 158 valence electrons. The number of carbonyl (C=O) groups is 2. The number of carbonyl (C=O) groups excluding carboxylic acids is 2. The van der Waals surface area contributed by atoms with Gasteiger partial charge in [0, 0.05) is 6.07 Å². The van der Waals surface area contributed by atoms with Crippen molar-refractivity contribution in [3.63, 3.8) is 0 Å². The van der Waals surface area contributed by atoms with Crippen LogP contribution in [-0.4, -0.2) is 25.0 Å². The Morgan fingerprint density at radius 2 is 1.62 bits per heavy atom. The Morgan fingerprint density at radius 1 is 0.906 bits per heavy atom. The summed E-state index contributed by atoms with van der Waals surface area (Å²) in [6.45, 7) is 0. The average Bonchev–Trinajstić information content (AvgIpc) is 3.35. The lowest BCUT2D eigenvalue weighted by molar-refractivity contribution is -0.126. The van der Waals surface area contributed by atoms with Crippen molar-refractivity contribution < 1.29 is 19.2 Å². The van der Waals surface area contributed by atoms with Crippen LogP contribution in [0, 0.1) is 17.2 Å². The van der Waals surface area contributed by atoms with Crippen LogP contribution in [-0.2, 0) is 14.4 Å². The summed E-state index contributed by atoms with van der Waals surface area (Å²) >= 11 is 0. The van der Waals surface area contributed by atoms with Gasteiger partial charge >= 0.3 is 0 Å². The minimum Gasteiger partial charge on any atom is -0.497 e. The van der Waals surface area contributed by atoms with Crippen LogP contribution in [0.15, 0.2) is 78.9 Å². The third-order valence-electron chi connectivity index (χ3n) is 5.82. The Balaban J connectivity index is 1.58. The molecule has 0 spiro atoms. The van der Waals surface area contributed by atoms with Crippen LogP contribution in [0.5, 0.6) is 5.75 Å². The summed E-state index contributed by atoms with van der Waals surface area (Å²) in [7, 11) is 1.53. The molecule has 32 heavy (non-hydrogen) atoms. The Hall–Kier alpha value is -4.15. The van der Waals surface area contributed by atoms with E-state index in [0.29, 0.717) is 17.0 Å². The van der Waals surface area contributed by atoms with Crippen LogP contribution < -0.4 is 14.7 Å². The molecule has 7 nitrogen and oxygen atoms in total. The van der Waals surface area contributed by atoms with Gasteiger partial charge in [-0.2, -0.15) is 5.26 Å². The SMILES string of the molecule is COc1cccc(N2C(=O)[C@@H]3[C@H](ON(c4ccccc4)[C@@H]3c3ccc(C#N)cc3)C2=O)c1. The molecule has 2 fully saturated rings. The number of hydrogen-bond acceptors (Lipinski definition) is 6. The van der Waals surface area contributed by atoms with E-state index in [0.717, 1.165) is 11.3 Å². The van der Waals surface area contributed by atoms with E-state index >= 15 is 0 Å². The van der Waals surface area contributed by atoms with Gasteiger partial charge < -0.3 is 4.74 Å². The highest BCUT2D eigenvalue weighted by Gasteiger charge is 2.60. The molecule has 0 unspecified atom stereocenters. The molecule has 5 rings (SSSR count). The molecule has 0 bridgehead atoms. The van der Waals surface area contributed by atoms with Gasteiger partial charge in [-0.3, -0.25) is 14.4 Å².